The maximum Gasteiger partial charge on any atom is 0.343 e. The predicted octanol–water partition coefficient (Wildman–Crippen LogP) is -0.301. The lowest BCUT2D eigenvalue weighted by Crippen LogP contribution is -2.37. The number of aliphatic hydroxyl groups is 1. The summed E-state index contributed by atoms with van der Waals surface area (Å²) in [5, 5.41) is 9.11. The Balaban J connectivity index is 2.51. The highest BCUT2D eigenvalue weighted by Gasteiger charge is 2.57. The van der Waals surface area contributed by atoms with Crippen molar-refractivity contribution in [2.24, 2.45) is 0 Å². The standard InChI is InChI=1S/C7H12O4/c1-3-10-6(9)7(4-11-7)5(2)8/h5,8H,3-4H2,1-2H3/t5-,7-/m1/s1. The lowest BCUT2D eigenvalue weighted by atomic mass is 10.1. The quantitative estimate of drug-likeness (QED) is 0.455. The largest absolute Gasteiger partial charge is 0.464 e. The summed E-state index contributed by atoms with van der Waals surface area (Å²) < 4.78 is 9.55. The zero-order valence-corrected chi connectivity index (χ0v) is 6.66. The Morgan fingerprint density at radius 1 is 1.91 bits per heavy atom. The van der Waals surface area contributed by atoms with Crippen LogP contribution in [0.1, 0.15) is 13.8 Å². The summed E-state index contributed by atoms with van der Waals surface area (Å²) in [6.07, 6.45) is -0.790. The van der Waals surface area contributed by atoms with Gasteiger partial charge >= 0.3 is 5.97 Å². The van der Waals surface area contributed by atoms with Gasteiger partial charge in [-0.15, -0.1) is 0 Å². The molecule has 11 heavy (non-hydrogen) atoms. The van der Waals surface area contributed by atoms with Crippen LogP contribution in [-0.2, 0) is 14.3 Å². The Labute approximate surface area is 65.1 Å². The first-order valence-electron chi connectivity index (χ1n) is 3.62. The van der Waals surface area contributed by atoms with Crippen LogP contribution < -0.4 is 0 Å². The fraction of sp³-hybridized carbons (Fsp3) is 0.857. The van der Waals surface area contributed by atoms with Gasteiger partial charge in [-0.05, 0) is 13.8 Å². The third kappa shape index (κ3) is 1.36. The minimum Gasteiger partial charge on any atom is -0.464 e. The normalized spacial score (nSPS) is 31.2. The van der Waals surface area contributed by atoms with Gasteiger partial charge in [0, 0.05) is 0 Å². The van der Waals surface area contributed by atoms with E-state index < -0.39 is 17.7 Å². The summed E-state index contributed by atoms with van der Waals surface area (Å²) in [5.41, 5.74) is -1.05. The van der Waals surface area contributed by atoms with Crippen molar-refractivity contribution in [2.75, 3.05) is 13.2 Å². The molecule has 0 aromatic rings. The van der Waals surface area contributed by atoms with E-state index in [1.54, 1.807) is 6.92 Å². The van der Waals surface area contributed by atoms with Crippen molar-refractivity contribution in [1.82, 2.24) is 0 Å². The van der Waals surface area contributed by atoms with Gasteiger partial charge in [-0.25, -0.2) is 4.79 Å². The van der Waals surface area contributed by atoms with Gasteiger partial charge in [0.15, 0.2) is 0 Å². The van der Waals surface area contributed by atoms with Gasteiger partial charge in [-0.3, -0.25) is 0 Å². The highest BCUT2D eigenvalue weighted by molar-refractivity contribution is 5.83. The molecule has 4 heteroatoms. The van der Waals surface area contributed by atoms with Crippen molar-refractivity contribution in [3.8, 4) is 0 Å². The molecule has 0 aromatic carbocycles. The summed E-state index contributed by atoms with van der Waals surface area (Å²) in [5.74, 6) is -0.463. The van der Waals surface area contributed by atoms with Crippen LogP contribution in [0.4, 0.5) is 0 Å². The average Bonchev–Trinajstić information content (AvgIpc) is 2.66. The molecule has 1 N–H and O–H groups in total. The molecule has 1 heterocycles. The summed E-state index contributed by atoms with van der Waals surface area (Å²) in [7, 11) is 0. The molecule has 0 bridgehead atoms. The van der Waals surface area contributed by atoms with Crippen molar-refractivity contribution in [3.63, 3.8) is 0 Å². The van der Waals surface area contributed by atoms with Crippen LogP contribution in [0.3, 0.4) is 0 Å². The fourth-order valence-electron chi connectivity index (χ4n) is 0.861. The second-order valence-electron chi connectivity index (χ2n) is 2.57. The molecular weight excluding hydrogens is 148 g/mol. The summed E-state index contributed by atoms with van der Waals surface area (Å²) in [6.45, 7) is 3.82. The van der Waals surface area contributed by atoms with Crippen LogP contribution in [0.25, 0.3) is 0 Å². The van der Waals surface area contributed by atoms with E-state index in [-0.39, 0.29) is 6.61 Å². The number of aliphatic hydroxyl groups excluding tert-OH is 1. The SMILES string of the molecule is CCOC(=O)[C@]1([C@@H](C)O)CO1. The van der Waals surface area contributed by atoms with E-state index in [1.807, 2.05) is 0 Å². The maximum absolute atomic E-state index is 11.1. The van der Waals surface area contributed by atoms with Crippen LogP contribution in [0.15, 0.2) is 0 Å². The topological polar surface area (TPSA) is 59.1 Å². The van der Waals surface area contributed by atoms with Crippen molar-refractivity contribution < 1.29 is 19.4 Å². The van der Waals surface area contributed by atoms with Crippen LogP contribution in [0.2, 0.25) is 0 Å². The molecular formula is C7H12O4. The number of ether oxygens (including phenoxy) is 2. The average molecular weight is 160 g/mol. The van der Waals surface area contributed by atoms with Gasteiger partial charge in [0.25, 0.3) is 0 Å². The van der Waals surface area contributed by atoms with Crippen molar-refractivity contribution in [1.29, 1.82) is 0 Å². The number of rotatable bonds is 3. The van der Waals surface area contributed by atoms with E-state index >= 15 is 0 Å². The van der Waals surface area contributed by atoms with Crippen LogP contribution in [0.5, 0.6) is 0 Å². The van der Waals surface area contributed by atoms with Crippen LogP contribution in [0, 0.1) is 0 Å². The summed E-state index contributed by atoms with van der Waals surface area (Å²) in [4.78, 5) is 11.1. The molecule has 4 nitrogen and oxygen atoms in total. The number of esters is 1. The van der Waals surface area contributed by atoms with Crippen molar-refractivity contribution in [3.05, 3.63) is 0 Å². The molecule has 0 unspecified atom stereocenters. The Morgan fingerprint density at radius 2 is 2.45 bits per heavy atom. The molecule has 0 aliphatic carbocycles. The zero-order valence-electron chi connectivity index (χ0n) is 6.66. The Kier molecular flexibility index (Phi) is 2.15. The molecule has 1 aliphatic rings. The maximum atomic E-state index is 11.1. The number of carbonyl (C=O) groups is 1. The first-order valence-corrected chi connectivity index (χ1v) is 3.62. The first kappa shape index (κ1) is 8.49. The number of hydrogen-bond acceptors (Lipinski definition) is 4. The van der Waals surface area contributed by atoms with Gasteiger partial charge in [0.1, 0.15) is 0 Å². The molecule has 1 fully saturated rings. The van der Waals surface area contributed by atoms with E-state index in [1.165, 1.54) is 6.92 Å². The third-order valence-electron chi connectivity index (χ3n) is 1.75. The highest BCUT2D eigenvalue weighted by Crippen LogP contribution is 2.32. The van der Waals surface area contributed by atoms with E-state index in [4.69, 9.17) is 14.6 Å². The Morgan fingerprint density at radius 3 is 2.73 bits per heavy atom. The molecule has 0 amide bonds. The minimum atomic E-state index is -1.05. The van der Waals surface area contributed by atoms with E-state index in [2.05, 4.69) is 0 Å². The molecule has 0 saturated carbocycles. The molecule has 1 rings (SSSR count). The van der Waals surface area contributed by atoms with Gasteiger partial charge in [0.2, 0.25) is 5.60 Å². The van der Waals surface area contributed by atoms with Gasteiger partial charge in [-0.1, -0.05) is 0 Å². The molecule has 0 radical (unpaired) electrons. The lowest BCUT2D eigenvalue weighted by molar-refractivity contribution is -0.153. The summed E-state index contributed by atoms with van der Waals surface area (Å²) >= 11 is 0. The fourth-order valence-corrected chi connectivity index (χ4v) is 0.861. The number of carbonyl (C=O) groups excluding carboxylic acids is 1. The summed E-state index contributed by atoms with van der Waals surface area (Å²) in [6, 6.07) is 0. The molecule has 0 spiro atoms. The van der Waals surface area contributed by atoms with Crippen molar-refractivity contribution in [2.45, 2.75) is 25.6 Å². The van der Waals surface area contributed by atoms with Crippen molar-refractivity contribution >= 4 is 5.97 Å². The van der Waals surface area contributed by atoms with E-state index in [0.29, 0.717) is 6.61 Å². The Hall–Kier alpha value is -0.610. The van der Waals surface area contributed by atoms with Gasteiger partial charge in [-0.2, -0.15) is 0 Å². The molecule has 64 valence electrons. The lowest BCUT2D eigenvalue weighted by Gasteiger charge is -2.12. The smallest absolute Gasteiger partial charge is 0.343 e. The third-order valence-corrected chi connectivity index (χ3v) is 1.75. The highest BCUT2D eigenvalue weighted by atomic mass is 16.7. The van der Waals surface area contributed by atoms with Crippen LogP contribution in [-0.4, -0.2) is 36.0 Å². The molecule has 0 aromatic heterocycles. The number of epoxide rings is 1. The second kappa shape index (κ2) is 2.79. The molecule has 1 saturated heterocycles. The van der Waals surface area contributed by atoms with E-state index in [0.717, 1.165) is 0 Å². The van der Waals surface area contributed by atoms with Gasteiger partial charge < -0.3 is 14.6 Å². The minimum absolute atomic E-state index is 0.267. The molecule has 2 atom stereocenters. The first-order chi connectivity index (χ1) is 5.13. The number of hydrogen-bond donors (Lipinski definition) is 1. The zero-order chi connectivity index (χ0) is 8.48. The predicted molar refractivity (Wildman–Crippen MR) is 37.0 cm³/mol. The molecule has 1 aliphatic heterocycles. The van der Waals surface area contributed by atoms with Crippen LogP contribution >= 0.6 is 0 Å². The van der Waals surface area contributed by atoms with E-state index in [9.17, 15) is 4.79 Å². The van der Waals surface area contributed by atoms with Gasteiger partial charge in [0.05, 0.1) is 19.3 Å². The Bertz CT molecular complexity index is 160. The monoisotopic (exact) mass is 160 g/mol. The second-order valence-corrected chi connectivity index (χ2v) is 2.57.